The van der Waals surface area contributed by atoms with E-state index in [0.717, 1.165) is 12.2 Å². The highest BCUT2D eigenvalue weighted by molar-refractivity contribution is 8.00. The first-order valence-electron chi connectivity index (χ1n) is 5.61. The summed E-state index contributed by atoms with van der Waals surface area (Å²) in [6, 6.07) is 10.3. The van der Waals surface area contributed by atoms with Crippen LogP contribution in [-0.4, -0.2) is 16.9 Å². The summed E-state index contributed by atoms with van der Waals surface area (Å²) in [4.78, 5) is 11.1. The predicted molar refractivity (Wildman–Crippen MR) is 70.6 cm³/mol. The average Bonchev–Trinajstić information content (AvgIpc) is 2.30. The number of carbonyl (C=O) groups excluding carboxylic acids is 1. The third-order valence-corrected chi connectivity index (χ3v) is 4.26. The summed E-state index contributed by atoms with van der Waals surface area (Å²) < 4.78 is 0. The van der Waals surface area contributed by atoms with E-state index in [1.54, 1.807) is 11.8 Å². The number of hydrogen-bond acceptors (Lipinski definition) is 2. The summed E-state index contributed by atoms with van der Waals surface area (Å²) in [7, 11) is 0. The minimum absolute atomic E-state index is 0.0498. The zero-order chi connectivity index (χ0) is 12.0. The summed E-state index contributed by atoms with van der Waals surface area (Å²) in [5.74, 6) is 1.19. The molecule has 2 nitrogen and oxygen atoms in total. The van der Waals surface area contributed by atoms with Crippen molar-refractivity contribution in [3.05, 3.63) is 35.9 Å². The van der Waals surface area contributed by atoms with Crippen LogP contribution in [0.15, 0.2) is 30.3 Å². The van der Waals surface area contributed by atoms with Crippen LogP contribution < -0.4 is 5.73 Å². The summed E-state index contributed by atoms with van der Waals surface area (Å²) in [6.45, 7) is 4.17. The van der Waals surface area contributed by atoms with Gasteiger partial charge in [0.2, 0.25) is 5.91 Å². The zero-order valence-electron chi connectivity index (χ0n) is 9.85. The van der Waals surface area contributed by atoms with E-state index in [2.05, 4.69) is 19.1 Å². The number of hydrogen-bond donors (Lipinski definition) is 1. The Balaban J connectivity index is 2.46. The topological polar surface area (TPSA) is 43.1 Å². The van der Waals surface area contributed by atoms with Crippen LogP contribution in [-0.2, 0) is 4.79 Å². The summed E-state index contributed by atoms with van der Waals surface area (Å²) in [6.07, 6.45) is 0.807. The molecule has 3 heteroatoms. The molecule has 1 aromatic rings. The van der Waals surface area contributed by atoms with Gasteiger partial charge in [0.25, 0.3) is 0 Å². The predicted octanol–water partition coefficient (Wildman–Crippen LogP) is 2.79. The monoisotopic (exact) mass is 237 g/mol. The molecule has 88 valence electrons. The molecule has 0 radical (unpaired) electrons. The molecular formula is C13H19NOS. The van der Waals surface area contributed by atoms with E-state index in [4.69, 9.17) is 5.73 Å². The van der Waals surface area contributed by atoms with Crippen molar-refractivity contribution in [3.8, 4) is 0 Å². The van der Waals surface area contributed by atoms with E-state index < -0.39 is 0 Å². The number of rotatable bonds is 6. The summed E-state index contributed by atoms with van der Waals surface area (Å²) in [5, 5.41) is -0.0498. The third-order valence-electron chi connectivity index (χ3n) is 2.60. The SMILES string of the molecule is CC[C@H](SC[C@H](C)c1ccccc1)C(N)=O. The van der Waals surface area contributed by atoms with Crippen LogP contribution in [0, 0.1) is 0 Å². The van der Waals surface area contributed by atoms with E-state index >= 15 is 0 Å². The van der Waals surface area contributed by atoms with Gasteiger partial charge in [-0.15, -0.1) is 11.8 Å². The Labute approximate surface area is 102 Å². The fourth-order valence-electron chi connectivity index (χ4n) is 1.54. The number of benzene rings is 1. The molecule has 1 aromatic carbocycles. The van der Waals surface area contributed by atoms with Gasteiger partial charge in [-0.05, 0) is 17.9 Å². The first-order valence-corrected chi connectivity index (χ1v) is 6.65. The fourth-order valence-corrected chi connectivity index (χ4v) is 2.65. The van der Waals surface area contributed by atoms with E-state index in [1.807, 2.05) is 25.1 Å². The lowest BCUT2D eigenvalue weighted by Crippen LogP contribution is -2.25. The zero-order valence-corrected chi connectivity index (χ0v) is 10.7. The number of primary amides is 1. The van der Waals surface area contributed by atoms with Crippen molar-refractivity contribution in [1.82, 2.24) is 0 Å². The van der Waals surface area contributed by atoms with Crippen LogP contribution in [0.4, 0.5) is 0 Å². The molecule has 0 spiro atoms. The van der Waals surface area contributed by atoms with Crippen molar-refractivity contribution < 1.29 is 4.79 Å². The number of nitrogens with two attached hydrogens (primary N) is 1. The highest BCUT2D eigenvalue weighted by atomic mass is 32.2. The maximum Gasteiger partial charge on any atom is 0.230 e. The Morgan fingerprint density at radius 1 is 1.38 bits per heavy atom. The minimum atomic E-state index is -0.201. The van der Waals surface area contributed by atoms with E-state index in [0.29, 0.717) is 5.92 Å². The molecule has 0 heterocycles. The molecule has 0 aliphatic rings. The van der Waals surface area contributed by atoms with Crippen LogP contribution in [0.5, 0.6) is 0 Å². The van der Waals surface area contributed by atoms with Gasteiger partial charge in [-0.25, -0.2) is 0 Å². The van der Waals surface area contributed by atoms with E-state index in [1.165, 1.54) is 5.56 Å². The second-order valence-corrected chi connectivity index (χ2v) is 5.18. The van der Waals surface area contributed by atoms with Gasteiger partial charge < -0.3 is 5.73 Å². The van der Waals surface area contributed by atoms with Gasteiger partial charge in [-0.3, -0.25) is 4.79 Å². The maximum atomic E-state index is 11.1. The van der Waals surface area contributed by atoms with Crippen LogP contribution in [0.1, 0.15) is 31.7 Å². The second-order valence-electron chi connectivity index (χ2n) is 3.94. The highest BCUT2D eigenvalue weighted by Crippen LogP contribution is 2.24. The molecule has 0 aromatic heterocycles. The molecule has 2 N–H and O–H groups in total. The van der Waals surface area contributed by atoms with Gasteiger partial charge in [0.15, 0.2) is 0 Å². The van der Waals surface area contributed by atoms with Gasteiger partial charge >= 0.3 is 0 Å². The first-order chi connectivity index (χ1) is 7.65. The average molecular weight is 237 g/mol. The van der Waals surface area contributed by atoms with Gasteiger partial charge in [0.1, 0.15) is 0 Å². The maximum absolute atomic E-state index is 11.1. The Morgan fingerprint density at radius 3 is 2.50 bits per heavy atom. The van der Waals surface area contributed by atoms with E-state index in [-0.39, 0.29) is 11.2 Å². The first kappa shape index (κ1) is 13.1. The normalized spacial score (nSPS) is 14.4. The molecule has 0 saturated carbocycles. The smallest absolute Gasteiger partial charge is 0.230 e. The Bertz CT molecular complexity index is 326. The Morgan fingerprint density at radius 2 is 2.00 bits per heavy atom. The molecule has 0 aliphatic carbocycles. The molecule has 1 rings (SSSR count). The lowest BCUT2D eigenvalue weighted by Gasteiger charge is -2.15. The summed E-state index contributed by atoms with van der Waals surface area (Å²) in [5.41, 5.74) is 6.63. The van der Waals surface area contributed by atoms with Gasteiger partial charge in [0, 0.05) is 5.75 Å². The molecule has 2 atom stereocenters. The molecule has 1 amide bonds. The van der Waals surface area contributed by atoms with Crippen LogP contribution in [0.2, 0.25) is 0 Å². The van der Waals surface area contributed by atoms with Gasteiger partial charge in [-0.1, -0.05) is 44.2 Å². The number of amides is 1. The highest BCUT2D eigenvalue weighted by Gasteiger charge is 2.15. The molecule has 0 aliphatic heterocycles. The lowest BCUT2D eigenvalue weighted by atomic mass is 10.0. The van der Waals surface area contributed by atoms with Crippen molar-refractivity contribution in [2.45, 2.75) is 31.4 Å². The third kappa shape index (κ3) is 3.89. The number of carbonyl (C=O) groups is 1. The molecule has 0 saturated heterocycles. The second kappa shape index (κ2) is 6.59. The van der Waals surface area contributed by atoms with Gasteiger partial charge in [0.05, 0.1) is 5.25 Å². The van der Waals surface area contributed by atoms with Crippen LogP contribution in [0.3, 0.4) is 0 Å². The molecular weight excluding hydrogens is 218 g/mol. The van der Waals surface area contributed by atoms with Crippen molar-refractivity contribution in [1.29, 1.82) is 0 Å². The van der Waals surface area contributed by atoms with Crippen molar-refractivity contribution in [2.75, 3.05) is 5.75 Å². The Kier molecular flexibility index (Phi) is 5.39. The molecule has 0 bridgehead atoms. The van der Waals surface area contributed by atoms with Crippen LogP contribution >= 0.6 is 11.8 Å². The fraction of sp³-hybridized carbons (Fsp3) is 0.462. The standard InChI is InChI=1S/C13H19NOS/c1-3-12(13(14)15)16-9-10(2)11-7-5-4-6-8-11/h4-8,10,12H,3,9H2,1-2H3,(H2,14,15)/t10-,12-/m0/s1. The summed E-state index contributed by atoms with van der Waals surface area (Å²) >= 11 is 1.66. The Hall–Kier alpha value is -0.960. The molecule has 0 unspecified atom stereocenters. The largest absolute Gasteiger partial charge is 0.369 e. The van der Waals surface area contributed by atoms with Crippen molar-refractivity contribution >= 4 is 17.7 Å². The van der Waals surface area contributed by atoms with E-state index in [9.17, 15) is 4.79 Å². The van der Waals surface area contributed by atoms with Crippen molar-refractivity contribution in [2.24, 2.45) is 5.73 Å². The van der Waals surface area contributed by atoms with Crippen LogP contribution in [0.25, 0.3) is 0 Å². The number of thioether (sulfide) groups is 1. The van der Waals surface area contributed by atoms with Gasteiger partial charge in [-0.2, -0.15) is 0 Å². The molecule has 0 fully saturated rings. The minimum Gasteiger partial charge on any atom is -0.369 e. The quantitative estimate of drug-likeness (QED) is 0.826. The molecule has 16 heavy (non-hydrogen) atoms. The van der Waals surface area contributed by atoms with Crippen molar-refractivity contribution in [3.63, 3.8) is 0 Å². The lowest BCUT2D eigenvalue weighted by molar-refractivity contribution is -0.117.